The molecule has 7 heteroatoms. The number of carbonyl (C=O) groups excluding carboxylic acids is 1. The Balaban J connectivity index is 1.64. The SMILES string of the molecule is NC(=O)[C@H]1CN(Cc2ncc(-c3cccs3)o2)CCO1. The van der Waals surface area contributed by atoms with Gasteiger partial charge in [-0.3, -0.25) is 9.69 Å². The molecule has 2 aromatic rings. The molecule has 0 radical (unpaired) electrons. The van der Waals surface area contributed by atoms with E-state index in [2.05, 4.69) is 9.88 Å². The van der Waals surface area contributed by atoms with Crippen LogP contribution < -0.4 is 5.73 Å². The van der Waals surface area contributed by atoms with E-state index in [-0.39, 0.29) is 0 Å². The predicted octanol–water partition coefficient (Wildman–Crippen LogP) is 1.09. The minimum Gasteiger partial charge on any atom is -0.438 e. The lowest BCUT2D eigenvalue weighted by molar-refractivity contribution is -0.135. The Kier molecular flexibility index (Phi) is 3.81. The maximum atomic E-state index is 11.1. The van der Waals surface area contributed by atoms with Crippen LogP contribution in [0.4, 0.5) is 0 Å². The van der Waals surface area contributed by atoms with Crippen molar-refractivity contribution in [2.24, 2.45) is 5.73 Å². The van der Waals surface area contributed by atoms with Crippen LogP contribution in [0.1, 0.15) is 5.89 Å². The van der Waals surface area contributed by atoms with Crippen molar-refractivity contribution in [1.29, 1.82) is 0 Å². The molecule has 20 heavy (non-hydrogen) atoms. The summed E-state index contributed by atoms with van der Waals surface area (Å²) in [5, 5.41) is 2.00. The molecule has 0 saturated carbocycles. The van der Waals surface area contributed by atoms with E-state index in [0.717, 1.165) is 17.2 Å². The number of rotatable bonds is 4. The number of nitrogens with two attached hydrogens (primary N) is 1. The van der Waals surface area contributed by atoms with Crippen LogP contribution in [0.5, 0.6) is 0 Å². The highest BCUT2D eigenvalue weighted by molar-refractivity contribution is 7.13. The maximum absolute atomic E-state index is 11.1. The fourth-order valence-corrected chi connectivity index (χ4v) is 2.80. The van der Waals surface area contributed by atoms with Crippen molar-refractivity contribution in [3.63, 3.8) is 0 Å². The van der Waals surface area contributed by atoms with Crippen molar-refractivity contribution in [2.75, 3.05) is 19.7 Å². The highest BCUT2D eigenvalue weighted by Crippen LogP contribution is 2.25. The van der Waals surface area contributed by atoms with Crippen molar-refractivity contribution in [3.05, 3.63) is 29.6 Å². The van der Waals surface area contributed by atoms with Gasteiger partial charge in [-0.2, -0.15) is 0 Å². The molecule has 1 aliphatic rings. The molecule has 1 amide bonds. The van der Waals surface area contributed by atoms with E-state index in [1.807, 2.05) is 17.5 Å². The number of amides is 1. The average Bonchev–Trinajstić information content (AvgIpc) is 3.09. The fourth-order valence-electron chi connectivity index (χ4n) is 2.13. The van der Waals surface area contributed by atoms with E-state index >= 15 is 0 Å². The Morgan fingerprint density at radius 2 is 2.50 bits per heavy atom. The van der Waals surface area contributed by atoms with Crippen LogP contribution in [0.3, 0.4) is 0 Å². The molecule has 0 spiro atoms. The molecule has 3 rings (SSSR count). The summed E-state index contributed by atoms with van der Waals surface area (Å²) in [5.41, 5.74) is 5.26. The van der Waals surface area contributed by atoms with E-state index in [9.17, 15) is 4.79 Å². The van der Waals surface area contributed by atoms with E-state index < -0.39 is 12.0 Å². The summed E-state index contributed by atoms with van der Waals surface area (Å²) in [4.78, 5) is 18.5. The summed E-state index contributed by atoms with van der Waals surface area (Å²) in [5.74, 6) is 0.981. The quantitative estimate of drug-likeness (QED) is 0.912. The molecule has 0 aliphatic carbocycles. The predicted molar refractivity (Wildman–Crippen MR) is 74.0 cm³/mol. The van der Waals surface area contributed by atoms with Gasteiger partial charge in [-0.1, -0.05) is 6.07 Å². The van der Waals surface area contributed by atoms with Crippen molar-refractivity contribution in [2.45, 2.75) is 12.6 Å². The zero-order valence-electron chi connectivity index (χ0n) is 10.8. The Hall–Kier alpha value is -1.70. The third kappa shape index (κ3) is 2.90. The van der Waals surface area contributed by atoms with Gasteiger partial charge in [-0.15, -0.1) is 11.3 Å². The number of hydrogen-bond donors (Lipinski definition) is 1. The van der Waals surface area contributed by atoms with Crippen molar-refractivity contribution in [1.82, 2.24) is 9.88 Å². The first-order valence-corrected chi connectivity index (χ1v) is 7.22. The fraction of sp³-hybridized carbons (Fsp3) is 0.385. The van der Waals surface area contributed by atoms with Gasteiger partial charge in [0, 0.05) is 13.1 Å². The molecule has 2 N–H and O–H groups in total. The minimum absolute atomic E-state index is 0.429. The Labute approximate surface area is 120 Å². The third-order valence-electron chi connectivity index (χ3n) is 3.14. The number of oxazole rings is 1. The molecule has 1 atom stereocenters. The number of aromatic nitrogens is 1. The van der Waals surface area contributed by atoms with E-state index in [1.165, 1.54) is 0 Å². The molecule has 2 aromatic heterocycles. The number of morpholine rings is 1. The first kappa shape index (κ1) is 13.3. The smallest absolute Gasteiger partial charge is 0.247 e. The Morgan fingerprint density at radius 1 is 1.60 bits per heavy atom. The van der Waals surface area contributed by atoms with Gasteiger partial charge in [-0.05, 0) is 11.4 Å². The van der Waals surface area contributed by atoms with Crippen LogP contribution in [-0.4, -0.2) is 41.6 Å². The molecule has 3 heterocycles. The molecule has 6 nitrogen and oxygen atoms in total. The molecule has 0 aromatic carbocycles. The number of primary amides is 1. The topological polar surface area (TPSA) is 81.6 Å². The number of carbonyl (C=O) groups is 1. The number of hydrogen-bond acceptors (Lipinski definition) is 6. The highest BCUT2D eigenvalue weighted by Gasteiger charge is 2.25. The molecule has 1 aliphatic heterocycles. The first-order valence-electron chi connectivity index (χ1n) is 6.34. The standard InChI is InChI=1S/C13H15N3O3S/c14-13(17)10-7-16(3-4-18-10)8-12-15-6-9(19-12)11-2-1-5-20-11/h1-2,5-6,10H,3-4,7-8H2,(H2,14,17)/t10-/m1/s1. The molecule has 1 fully saturated rings. The zero-order valence-corrected chi connectivity index (χ0v) is 11.6. The van der Waals surface area contributed by atoms with Crippen molar-refractivity contribution >= 4 is 17.2 Å². The second-order valence-corrected chi connectivity index (χ2v) is 5.54. The van der Waals surface area contributed by atoms with Crippen LogP contribution in [0.2, 0.25) is 0 Å². The van der Waals surface area contributed by atoms with Gasteiger partial charge in [0.15, 0.2) is 5.76 Å². The van der Waals surface area contributed by atoms with Crippen LogP contribution in [0.15, 0.2) is 28.1 Å². The molecular formula is C13H15N3O3S. The molecule has 106 valence electrons. The first-order chi connectivity index (χ1) is 9.72. The molecular weight excluding hydrogens is 278 g/mol. The van der Waals surface area contributed by atoms with Gasteiger partial charge in [0.05, 0.1) is 24.2 Å². The van der Waals surface area contributed by atoms with Gasteiger partial charge in [0.25, 0.3) is 0 Å². The lowest BCUT2D eigenvalue weighted by Crippen LogP contribution is -2.47. The van der Waals surface area contributed by atoms with Crippen LogP contribution in [0.25, 0.3) is 10.6 Å². The van der Waals surface area contributed by atoms with E-state index in [4.69, 9.17) is 14.9 Å². The van der Waals surface area contributed by atoms with Gasteiger partial charge in [0.1, 0.15) is 6.10 Å². The van der Waals surface area contributed by atoms with Crippen LogP contribution in [-0.2, 0) is 16.1 Å². The summed E-state index contributed by atoms with van der Waals surface area (Å²) in [6.45, 7) is 2.26. The maximum Gasteiger partial charge on any atom is 0.247 e. The molecule has 1 saturated heterocycles. The van der Waals surface area contributed by atoms with Gasteiger partial charge in [-0.25, -0.2) is 4.98 Å². The lowest BCUT2D eigenvalue weighted by Gasteiger charge is -2.30. The van der Waals surface area contributed by atoms with Crippen molar-refractivity contribution in [3.8, 4) is 10.6 Å². The van der Waals surface area contributed by atoms with Crippen molar-refractivity contribution < 1.29 is 13.9 Å². The summed E-state index contributed by atoms with van der Waals surface area (Å²) in [7, 11) is 0. The Bertz CT molecular complexity index is 581. The van der Waals surface area contributed by atoms with Gasteiger partial charge >= 0.3 is 0 Å². The molecule has 0 bridgehead atoms. The minimum atomic E-state index is -0.546. The summed E-state index contributed by atoms with van der Waals surface area (Å²) in [6.07, 6.45) is 1.18. The lowest BCUT2D eigenvalue weighted by atomic mass is 10.2. The van der Waals surface area contributed by atoms with Gasteiger partial charge < -0.3 is 14.9 Å². The average molecular weight is 293 g/mol. The molecule has 0 unspecified atom stereocenters. The number of nitrogens with zero attached hydrogens (tertiary/aromatic N) is 2. The third-order valence-corrected chi connectivity index (χ3v) is 4.03. The second kappa shape index (κ2) is 5.74. The Morgan fingerprint density at radius 3 is 3.25 bits per heavy atom. The summed E-state index contributed by atoms with van der Waals surface area (Å²) >= 11 is 1.61. The normalized spacial score (nSPS) is 20.1. The van der Waals surface area contributed by atoms with Gasteiger partial charge in [0.2, 0.25) is 11.8 Å². The highest BCUT2D eigenvalue weighted by atomic mass is 32.1. The van der Waals surface area contributed by atoms with E-state index in [0.29, 0.717) is 25.6 Å². The number of thiophene rings is 1. The van der Waals surface area contributed by atoms with E-state index in [1.54, 1.807) is 17.5 Å². The summed E-state index contributed by atoms with van der Waals surface area (Å²) < 4.78 is 11.0. The summed E-state index contributed by atoms with van der Waals surface area (Å²) in [6, 6.07) is 3.97. The monoisotopic (exact) mass is 293 g/mol. The number of ether oxygens (including phenoxy) is 1. The van der Waals surface area contributed by atoms with Crippen LogP contribution >= 0.6 is 11.3 Å². The second-order valence-electron chi connectivity index (χ2n) is 4.59. The largest absolute Gasteiger partial charge is 0.438 e. The van der Waals surface area contributed by atoms with Crippen LogP contribution in [0, 0.1) is 0 Å². The zero-order chi connectivity index (χ0) is 13.9.